The topological polar surface area (TPSA) is 184 Å². The van der Waals surface area contributed by atoms with E-state index in [-0.39, 0.29) is 30.8 Å². The number of sulfone groups is 1. The Kier molecular flexibility index (Phi) is 11.1. The molecular formula is C31H41N4O10S3+. The highest BCUT2D eigenvalue weighted by Crippen LogP contribution is 2.42. The molecule has 0 aliphatic carbocycles. The number of hydrogen-bond donors (Lipinski definition) is 2. The zero-order valence-electron chi connectivity index (χ0n) is 27.4. The predicted molar refractivity (Wildman–Crippen MR) is 183 cm³/mol. The van der Waals surface area contributed by atoms with Gasteiger partial charge in [-0.15, -0.1) is 0 Å². The van der Waals surface area contributed by atoms with Gasteiger partial charge < -0.3 is 14.5 Å². The molecule has 0 bridgehead atoms. The number of imidazole rings is 1. The largest absolute Gasteiger partial charge is 0.465 e. The Balaban J connectivity index is 1.85. The summed E-state index contributed by atoms with van der Waals surface area (Å²) in [6, 6.07) is 9.86. The number of rotatable bonds is 14. The highest BCUT2D eigenvalue weighted by molar-refractivity contribution is 7.90. The third kappa shape index (κ3) is 8.08. The molecule has 0 fully saturated rings. The van der Waals surface area contributed by atoms with Crippen LogP contribution in [-0.4, -0.2) is 82.4 Å². The third-order valence-electron chi connectivity index (χ3n) is 8.22. The highest BCUT2D eigenvalue weighted by atomic mass is 32.2. The number of esters is 1. The smallest absolute Gasteiger partial charge is 0.337 e. The second kappa shape index (κ2) is 14.4. The Morgan fingerprint density at radius 3 is 2.27 bits per heavy atom. The first-order valence-corrected chi connectivity index (χ1v) is 20.2. The molecule has 1 aliphatic heterocycles. The van der Waals surface area contributed by atoms with Gasteiger partial charge in [0.15, 0.2) is 20.9 Å². The number of ether oxygens (including phenoxy) is 1. The molecule has 4 rings (SSSR count). The van der Waals surface area contributed by atoms with E-state index in [1.165, 1.54) is 20.1 Å². The van der Waals surface area contributed by atoms with Crippen LogP contribution in [0.1, 0.15) is 49.8 Å². The molecule has 3 aromatic rings. The Morgan fingerprint density at radius 2 is 1.69 bits per heavy atom. The monoisotopic (exact) mass is 725 g/mol. The predicted octanol–water partition coefficient (Wildman–Crippen LogP) is 3.28. The average Bonchev–Trinajstić information content (AvgIpc) is 3.47. The standard InChI is InChI=1S/C31H40N4O10S3/c1-6-32-25-14-12-23(31(36)45-4)20-27(25)35(18-16-22(3)48(42,43)44)30(32)11-8-10-29-33(7-2)26-15-13-24(46(5,37)38)21-28(26)34(29)17-9-19-47(39,40)41/h8,10-15,20-22H,6-7,9,16-19H2,1-5H3,(H-,39,40,41,42,43,44)/p+1. The van der Waals surface area contributed by atoms with E-state index in [2.05, 4.69) is 0 Å². The van der Waals surface area contributed by atoms with Gasteiger partial charge in [0.1, 0.15) is 5.82 Å². The third-order valence-corrected chi connectivity index (χ3v) is 11.4. The lowest BCUT2D eigenvalue weighted by molar-refractivity contribution is -0.670. The molecule has 0 spiro atoms. The minimum Gasteiger partial charge on any atom is -0.465 e. The van der Waals surface area contributed by atoms with E-state index in [0.717, 1.165) is 17.5 Å². The summed E-state index contributed by atoms with van der Waals surface area (Å²) in [5.74, 6) is 0.300. The number of anilines is 2. The van der Waals surface area contributed by atoms with Crippen molar-refractivity contribution in [1.29, 1.82) is 0 Å². The van der Waals surface area contributed by atoms with Crippen LogP contribution < -0.4 is 14.4 Å². The van der Waals surface area contributed by atoms with Crippen molar-refractivity contribution >= 4 is 64.5 Å². The van der Waals surface area contributed by atoms with Gasteiger partial charge in [-0.1, -0.05) is 6.08 Å². The summed E-state index contributed by atoms with van der Waals surface area (Å²) in [4.78, 5) is 16.3. The van der Waals surface area contributed by atoms with Crippen molar-refractivity contribution in [2.24, 2.45) is 0 Å². The fraction of sp³-hybridized carbons (Fsp3) is 0.419. The number of carbonyl (C=O) groups excluding carboxylic acids is 1. The Hall–Kier alpha value is -3.77. The van der Waals surface area contributed by atoms with Gasteiger partial charge in [0, 0.05) is 37.9 Å². The van der Waals surface area contributed by atoms with Crippen LogP contribution in [0.25, 0.3) is 17.1 Å². The number of aryl methyl sites for hydroxylation is 2. The Labute approximate surface area is 281 Å². The quantitative estimate of drug-likeness (QED) is 0.141. The molecule has 0 saturated carbocycles. The van der Waals surface area contributed by atoms with E-state index in [1.54, 1.807) is 42.5 Å². The minimum absolute atomic E-state index is 0.0680. The van der Waals surface area contributed by atoms with Crippen molar-refractivity contribution in [2.75, 3.05) is 42.0 Å². The molecule has 1 aliphatic rings. The number of benzene rings is 2. The van der Waals surface area contributed by atoms with E-state index in [0.29, 0.717) is 41.5 Å². The molecule has 1 aromatic heterocycles. The maximum atomic E-state index is 12.4. The lowest BCUT2D eigenvalue weighted by atomic mass is 10.1. The summed E-state index contributed by atoms with van der Waals surface area (Å²) in [5.41, 5.74) is 3.04. The number of methoxy groups -OCH3 is 1. The number of allylic oxidation sites excluding steroid dienone is 2. The maximum Gasteiger partial charge on any atom is 0.337 e. The van der Waals surface area contributed by atoms with Crippen LogP contribution in [0, 0.1) is 0 Å². The van der Waals surface area contributed by atoms with E-state index in [1.807, 2.05) is 38.9 Å². The lowest BCUT2D eigenvalue weighted by Crippen LogP contribution is -2.35. The molecule has 2 aromatic carbocycles. The number of fused-ring (bicyclic) bond motifs is 2. The van der Waals surface area contributed by atoms with Crippen LogP contribution in [0.3, 0.4) is 0 Å². The van der Waals surface area contributed by atoms with E-state index in [9.17, 15) is 39.2 Å². The fourth-order valence-corrected chi connectivity index (χ4v) is 7.29. The lowest BCUT2D eigenvalue weighted by Gasteiger charge is -2.25. The van der Waals surface area contributed by atoms with Crippen molar-refractivity contribution in [2.45, 2.75) is 56.8 Å². The molecular weight excluding hydrogens is 685 g/mol. The number of carbonyl (C=O) groups is 1. The molecule has 48 heavy (non-hydrogen) atoms. The second-order valence-corrected chi connectivity index (χ2v) is 16.8. The van der Waals surface area contributed by atoms with Gasteiger partial charge in [-0.2, -0.15) is 16.8 Å². The van der Waals surface area contributed by atoms with Crippen LogP contribution in [0.2, 0.25) is 0 Å². The fourth-order valence-electron chi connectivity index (χ4n) is 5.76. The summed E-state index contributed by atoms with van der Waals surface area (Å²) in [5, 5.41) is -1.05. The molecule has 0 amide bonds. The maximum absolute atomic E-state index is 12.4. The molecule has 2 N–H and O–H groups in total. The summed E-state index contributed by atoms with van der Waals surface area (Å²) >= 11 is 0. The van der Waals surface area contributed by atoms with Gasteiger partial charge >= 0.3 is 5.97 Å². The molecule has 17 heteroatoms. The first kappa shape index (κ1) is 37.1. The van der Waals surface area contributed by atoms with Crippen LogP contribution in [0.4, 0.5) is 11.4 Å². The summed E-state index contributed by atoms with van der Waals surface area (Å²) in [7, 11) is -10.8. The van der Waals surface area contributed by atoms with Crippen LogP contribution in [-0.2, 0) is 47.9 Å². The summed E-state index contributed by atoms with van der Waals surface area (Å²) in [6.07, 6.45) is 6.66. The normalized spacial score (nSPS) is 15.5. The van der Waals surface area contributed by atoms with Gasteiger partial charge in [0.05, 0.1) is 53.0 Å². The van der Waals surface area contributed by atoms with Crippen LogP contribution in [0.15, 0.2) is 59.3 Å². The summed E-state index contributed by atoms with van der Waals surface area (Å²) in [6.45, 7) is 6.65. The van der Waals surface area contributed by atoms with E-state index < -0.39 is 47.0 Å². The van der Waals surface area contributed by atoms with Gasteiger partial charge in [-0.3, -0.25) is 9.11 Å². The first-order valence-electron chi connectivity index (χ1n) is 15.2. The first-order chi connectivity index (χ1) is 22.4. The van der Waals surface area contributed by atoms with Crippen molar-refractivity contribution in [3.05, 3.63) is 65.8 Å². The SMILES string of the molecule is CCN1C(=CC=Cc2n(CCCS(=O)(=O)O)c3cc(S(C)(=O)=O)ccc3[n+]2CC)N(CCC(C)S(=O)(=O)O)c2cc(C(=O)OC)ccc21. The molecule has 14 nitrogen and oxygen atoms in total. The highest BCUT2D eigenvalue weighted by Gasteiger charge is 2.32. The molecule has 1 unspecified atom stereocenters. The van der Waals surface area contributed by atoms with Crippen molar-refractivity contribution in [3.8, 4) is 0 Å². The van der Waals surface area contributed by atoms with Gasteiger partial charge in [0.2, 0.25) is 0 Å². The Bertz CT molecular complexity index is 2100. The number of aromatic nitrogens is 2. The second-order valence-electron chi connectivity index (χ2n) is 11.4. The zero-order valence-corrected chi connectivity index (χ0v) is 29.8. The van der Waals surface area contributed by atoms with Crippen LogP contribution in [0.5, 0.6) is 0 Å². The van der Waals surface area contributed by atoms with Crippen molar-refractivity contribution < 1.29 is 48.5 Å². The van der Waals surface area contributed by atoms with Crippen molar-refractivity contribution in [3.63, 3.8) is 0 Å². The zero-order chi connectivity index (χ0) is 35.6. The molecule has 0 saturated heterocycles. The molecule has 0 radical (unpaired) electrons. The number of hydrogen-bond acceptors (Lipinski definition) is 10. The van der Waals surface area contributed by atoms with Crippen LogP contribution >= 0.6 is 0 Å². The van der Waals surface area contributed by atoms with E-state index in [4.69, 9.17) is 4.74 Å². The van der Waals surface area contributed by atoms with Gasteiger partial charge in [-0.05, 0) is 63.6 Å². The molecule has 2 heterocycles. The minimum atomic E-state index is -4.29. The number of nitrogens with zero attached hydrogens (tertiary/aromatic N) is 4. The average molecular weight is 726 g/mol. The Morgan fingerprint density at radius 1 is 0.979 bits per heavy atom. The molecule has 1 atom stereocenters. The van der Waals surface area contributed by atoms with E-state index >= 15 is 0 Å². The summed E-state index contributed by atoms with van der Waals surface area (Å²) < 4.78 is 99.1. The molecule has 262 valence electrons. The van der Waals surface area contributed by atoms with Crippen molar-refractivity contribution in [1.82, 2.24) is 4.57 Å². The van der Waals surface area contributed by atoms with Gasteiger partial charge in [-0.25, -0.2) is 22.3 Å². The van der Waals surface area contributed by atoms with Gasteiger partial charge in [0.25, 0.3) is 26.1 Å².